The highest BCUT2D eigenvalue weighted by Crippen LogP contribution is 2.30. The topological polar surface area (TPSA) is 78.5 Å². The molecule has 1 aliphatic carbocycles. The Bertz CT molecular complexity index is 760. The molecule has 8 heteroatoms. The molecule has 1 fully saturated rings. The van der Waals surface area contributed by atoms with Crippen molar-refractivity contribution in [3.05, 3.63) is 35.4 Å². The third-order valence-electron chi connectivity index (χ3n) is 5.59. The first kappa shape index (κ1) is 23.8. The average Bonchev–Trinajstić information content (AvgIpc) is 2.72. The SMILES string of the molecule is CCN(CC)C(=O)C1(NC(=O)CCCNC(=O)c2ccc(F)cc2F)CCCCC1. The molecule has 0 unspecified atom stereocenters. The lowest BCUT2D eigenvalue weighted by Crippen LogP contribution is -2.60. The first-order chi connectivity index (χ1) is 14.3. The second-order valence-electron chi connectivity index (χ2n) is 7.65. The Kier molecular flexibility index (Phi) is 8.74. The number of hydrogen-bond acceptors (Lipinski definition) is 3. The van der Waals surface area contributed by atoms with Crippen molar-refractivity contribution in [3.8, 4) is 0 Å². The van der Waals surface area contributed by atoms with Gasteiger partial charge in [0.1, 0.15) is 17.2 Å². The van der Waals surface area contributed by atoms with Crippen molar-refractivity contribution in [2.75, 3.05) is 19.6 Å². The van der Waals surface area contributed by atoms with Crippen LogP contribution in [0.15, 0.2) is 18.2 Å². The number of hydrogen-bond donors (Lipinski definition) is 2. The first-order valence-electron chi connectivity index (χ1n) is 10.7. The number of benzene rings is 1. The molecule has 2 N–H and O–H groups in total. The quantitative estimate of drug-likeness (QED) is 0.599. The largest absolute Gasteiger partial charge is 0.352 e. The van der Waals surface area contributed by atoms with Gasteiger partial charge < -0.3 is 15.5 Å². The summed E-state index contributed by atoms with van der Waals surface area (Å²) in [6.45, 7) is 5.21. The molecule has 0 heterocycles. The number of rotatable bonds is 9. The maximum absolute atomic E-state index is 13.6. The van der Waals surface area contributed by atoms with Gasteiger partial charge in [0, 0.05) is 32.1 Å². The third kappa shape index (κ3) is 6.00. The van der Waals surface area contributed by atoms with Gasteiger partial charge in [0.2, 0.25) is 11.8 Å². The molecule has 1 aliphatic rings. The van der Waals surface area contributed by atoms with Gasteiger partial charge in [-0.05, 0) is 45.2 Å². The van der Waals surface area contributed by atoms with E-state index < -0.39 is 23.1 Å². The molecule has 0 bridgehead atoms. The van der Waals surface area contributed by atoms with Crippen LogP contribution < -0.4 is 10.6 Å². The summed E-state index contributed by atoms with van der Waals surface area (Å²) in [7, 11) is 0. The molecule has 0 saturated heterocycles. The Hall–Kier alpha value is -2.51. The lowest BCUT2D eigenvalue weighted by Gasteiger charge is -2.40. The highest BCUT2D eigenvalue weighted by Gasteiger charge is 2.42. The summed E-state index contributed by atoms with van der Waals surface area (Å²) >= 11 is 0. The third-order valence-corrected chi connectivity index (χ3v) is 5.59. The zero-order chi connectivity index (χ0) is 22.1. The number of carbonyl (C=O) groups excluding carboxylic acids is 3. The van der Waals surface area contributed by atoms with E-state index >= 15 is 0 Å². The monoisotopic (exact) mass is 423 g/mol. The molecule has 30 heavy (non-hydrogen) atoms. The molecule has 0 aromatic heterocycles. The molecule has 1 saturated carbocycles. The minimum absolute atomic E-state index is 0.0272. The summed E-state index contributed by atoms with van der Waals surface area (Å²) in [5.41, 5.74) is -1.09. The van der Waals surface area contributed by atoms with Crippen molar-refractivity contribution < 1.29 is 23.2 Å². The smallest absolute Gasteiger partial charge is 0.254 e. The minimum atomic E-state index is -0.931. The van der Waals surface area contributed by atoms with Crippen LogP contribution in [-0.4, -0.2) is 47.8 Å². The van der Waals surface area contributed by atoms with E-state index in [1.807, 2.05) is 13.8 Å². The standard InChI is InChI=1S/C22H31F2N3O3/c1-3-27(4-2)21(30)22(12-6-5-7-13-22)26-19(28)9-8-14-25-20(29)17-11-10-16(23)15-18(17)24/h10-11,15H,3-9,12-14H2,1-2H3,(H,25,29)(H,26,28). The Balaban J connectivity index is 1.87. The van der Waals surface area contributed by atoms with E-state index in [1.165, 1.54) is 0 Å². The van der Waals surface area contributed by atoms with Gasteiger partial charge >= 0.3 is 0 Å². The summed E-state index contributed by atoms with van der Waals surface area (Å²) in [5.74, 6) is -2.61. The fourth-order valence-electron chi connectivity index (χ4n) is 3.91. The van der Waals surface area contributed by atoms with Crippen LogP contribution in [0.25, 0.3) is 0 Å². The van der Waals surface area contributed by atoms with E-state index in [0.29, 0.717) is 38.4 Å². The normalized spacial score (nSPS) is 15.3. The number of carbonyl (C=O) groups is 3. The minimum Gasteiger partial charge on any atom is -0.352 e. The van der Waals surface area contributed by atoms with Gasteiger partial charge in [0.05, 0.1) is 5.56 Å². The van der Waals surface area contributed by atoms with Crippen LogP contribution in [0.1, 0.15) is 69.2 Å². The summed E-state index contributed by atoms with van der Waals surface area (Å²) < 4.78 is 26.6. The zero-order valence-corrected chi connectivity index (χ0v) is 17.7. The molecule has 6 nitrogen and oxygen atoms in total. The maximum Gasteiger partial charge on any atom is 0.254 e. The Morgan fingerprint density at radius 2 is 1.73 bits per heavy atom. The molecule has 0 spiro atoms. The molecule has 0 aliphatic heterocycles. The van der Waals surface area contributed by atoms with Crippen molar-refractivity contribution >= 4 is 17.7 Å². The molecular weight excluding hydrogens is 392 g/mol. The van der Waals surface area contributed by atoms with Crippen LogP contribution in [0.4, 0.5) is 8.78 Å². The van der Waals surface area contributed by atoms with Crippen LogP contribution in [0, 0.1) is 11.6 Å². The van der Waals surface area contributed by atoms with Gasteiger partial charge in [0.25, 0.3) is 5.91 Å². The van der Waals surface area contributed by atoms with E-state index in [1.54, 1.807) is 4.90 Å². The number of nitrogens with one attached hydrogen (secondary N) is 2. The van der Waals surface area contributed by atoms with Gasteiger partial charge in [-0.2, -0.15) is 0 Å². The lowest BCUT2D eigenvalue weighted by molar-refractivity contribution is -0.143. The molecule has 166 valence electrons. The maximum atomic E-state index is 13.6. The summed E-state index contributed by atoms with van der Waals surface area (Å²) in [4.78, 5) is 39.3. The van der Waals surface area contributed by atoms with Crippen LogP contribution in [0.5, 0.6) is 0 Å². The van der Waals surface area contributed by atoms with E-state index in [-0.39, 0.29) is 30.3 Å². The van der Waals surface area contributed by atoms with Crippen molar-refractivity contribution in [1.29, 1.82) is 0 Å². The Labute approximate surface area is 176 Å². The number of nitrogens with zero attached hydrogens (tertiary/aromatic N) is 1. The van der Waals surface area contributed by atoms with E-state index in [2.05, 4.69) is 10.6 Å². The molecule has 1 aromatic carbocycles. The average molecular weight is 424 g/mol. The number of amides is 3. The highest BCUT2D eigenvalue weighted by atomic mass is 19.1. The molecule has 0 radical (unpaired) electrons. The van der Waals surface area contributed by atoms with Gasteiger partial charge in [-0.15, -0.1) is 0 Å². The molecule has 0 atom stereocenters. The predicted octanol–water partition coefficient (Wildman–Crippen LogP) is 3.16. The van der Waals surface area contributed by atoms with Crippen LogP contribution in [0.3, 0.4) is 0 Å². The number of likely N-dealkylation sites (N-methyl/N-ethyl adjacent to an activating group) is 1. The zero-order valence-electron chi connectivity index (χ0n) is 17.7. The highest BCUT2D eigenvalue weighted by molar-refractivity contribution is 5.94. The summed E-state index contributed by atoms with van der Waals surface area (Å²) in [6.07, 6.45) is 4.59. The second kappa shape index (κ2) is 11.0. The summed E-state index contributed by atoms with van der Waals surface area (Å²) in [5, 5.41) is 5.50. The van der Waals surface area contributed by atoms with Gasteiger partial charge in [0.15, 0.2) is 0 Å². The van der Waals surface area contributed by atoms with Crippen molar-refractivity contribution in [3.63, 3.8) is 0 Å². The lowest BCUT2D eigenvalue weighted by atomic mass is 9.80. The van der Waals surface area contributed by atoms with E-state index in [9.17, 15) is 23.2 Å². The predicted molar refractivity (Wildman–Crippen MR) is 110 cm³/mol. The van der Waals surface area contributed by atoms with Gasteiger partial charge in [-0.25, -0.2) is 8.78 Å². The van der Waals surface area contributed by atoms with Crippen LogP contribution in [0.2, 0.25) is 0 Å². The number of halogens is 2. The fourth-order valence-corrected chi connectivity index (χ4v) is 3.91. The van der Waals surface area contributed by atoms with Crippen molar-refractivity contribution in [2.24, 2.45) is 0 Å². The van der Waals surface area contributed by atoms with Crippen molar-refractivity contribution in [1.82, 2.24) is 15.5 Å². The fraction of sp³-hybridized carbons (Fsp3) is 0.591. The second-order valence-corrected chi connectivity index (χ2v) is 7.65. The van der Waals surface area contributed by atoms with Crippen LogP contribution in [-0.2, 0) is 9.59 Å². The molecule has 2 rings (SSSR count). The van der Waals surface area contributed by atoms with Gasteiger partial charge in [-0.1, -0.05) is 19.3 Å². The van der Waals surface area contributed by atoms with Crippen molar-refractivity contribution in [2.45, 2.75) is 64.3 Å². The Morgan fingerprint density at radius 1 is 1.07 bits per heavy atom. The van der Waals surface area contributed by atoms with E-state index in [4.69, 9.17) is 0 Å². The van der Waals surface area contributed by atoms with E-state index in [0.717, 1.165) is 31.4 Å². The molecular formula is C22H31F2N3O3. The first-order valence-corrected chi connectivity index (χ1v) is 10.7. The summed E-state index contributed by atoms with van der Waals surface area (Å²) in [6, 6.07) is 2.75. The van der Waals surface area contributed by atoms with Gasteiger partial charge in [-0.3, -0.25) is 14.4 Å². The van der Waals surface area contributed by atoms with Crippen LogP contribution >= 0.6 is 0 Å². The Morgan fingerprint density at radius 3 is 2.33 bits per heavy atom. The molecule has 1 aromatic rings. The molecule has 3 amide bonds.